The van der Waals surface area contributed by atoms with Crippen molar-refractivity contribution in [2.45, 2.75) is 0 Å². The summed E-state index contributed by atoms with van der Waals surface area (Å²) in [6.07, 6.45) is 5.89. The van der Waals surface area contributed by atoms with Crippen molar-refractivity contribution in [1.29, 1.82) is 0 Å². The van der Waals surface area contributed by atoms with Gasteiger partial charge in [0.15, 0.2) is 0 Å². The van der Waals surface area contributed by atoms with Gasteiger partial charge in [0.2, 0.25) is 0 Å². The van der Waals surface area contributed by atoms with Crippen LogP contribution < -0.4 is 16.0 Å². The molecule has 15 heavy (non-hydrogen) atoms. The lowest BCUT2D eigenvalue weighted by atomic mass is 10.1. The van der Waals surface area contributed by atoms with Crippen molar-refractivity contribution in [3.8, 4) is 0 Å². The lowest BCUT2D eigenvalue weighted by molar-refractivity contribution is 0.918. The molecule has 1 aliphatic rings. The third kappa shape index (κ3) is 1.31. The average molecular weight is 194 g/mol. The third-order valence-electron chi connectivity index (χ3n) is 2.57. The van der Waals surface area contributed by atoms with E-state index >= 15 is 0 Å². The number of hydrogen-bond donors (Lipinski definition) is 1. The lowest BCUT2D eigenvalue weighted by Gasteiger charge is -1.97. The van der Waals surface area contributed by atoms with Crippen molar-refractivity contribution in [3.05, 3.63) is 59.3 Å². The van der Waals surface area contributed by atoms with Crippen molar-refractivity contribution in [3.63, 3.8) is 0 Å². The van der Waals surface area contributed by atoms with Gasteiger partial charge in [-0.3, -0.25) is 5.43 Å². The number of allylic oxidation sites excluding steroid dienone is 1. The van der Waals surface area contributed by atoms with Crippen molar-refractivity contribution in [1.82, 2.24) is 5.43 Å². The highest BCUT2D eigenvalue weighted by Gasteiger charge is 1.96. The Balaban J connectivity index is 2.58. The van der Waals surface area contributed by atoms with E-state index in [0.29, 0.717) is 0 Å². The summed E-state index contributed by atoms with van der Waals surface area (Å²) in [6.45, 7) is 0. The fraction of sp³-hybridized carbons (Fsp3) is 0. The molecule has 0 aliphatic carbocycles. The molecule has 0 saturated heterocycles. The molecule has 1 heterocycles. The van der Waals surface area contributed by atoms with Crippen LogP contribution in [0.3, 0.4) is 0 Å². The Kier molecular flexibility index (Phi) is 1.78. The fourth-order valence-electron chi connectivity index (χ4n) is 1.85. The van der Waals surface area contributed by atoms with Gasteiger partial charge >= 0.3 is 0 Å². The van der Waals surface area contributed by atoms with Gasteiger partial charge in [-0.15, -0.1) is 0 Å². The minimum Gasteiger partial charge on any atom is -0.285 e. The summed E-state index contributed by atoms with van der Waals surface area (Å²) < 4.78 is 0. The third-order valence-corrected chi connectivity index (χ3v) is 2.57. The molecule has 0 unspecified atom stereocenters. The van der Waals surface area contributed by atoms with Crippen molar-refractivity contribution < 1.29 is 0 Å². The molecular formula is C13H10N2. The van der Waals surface area contributed by atoms with E-state index in [1.807, 2.05) is 18.3 Å². The number of fused-ring (bicyclic) bond motifs is 3. The highest BCUT2D eigenvalue weighted by atomic mass is 15.3. The Labute approximate surface area is 87.2 Å². The van der Waals surface area contributed by atoms with Crippen molar-refractivity contribution >= 4 is 16.8 Å². The van der Waals surface area contributed by atoms with Crippen LogP contribution in [0.25, 0.3) is 16.8 Å². The lowest BCUT2D eigenvalue weighted by Crippen LogP contribution is -2.26. The molecule has 0 aromatic heterocycles. The first-order valence-corrected chi connectivity index (χ1v) is 4.93. The second kappa shape index (κ2) is 3.24. The van der Waals surface area contributed by atoms with E-state index in [4.69, 9.17) is 0 Å². The number of nitrogens with zero attached hydrogens (tertiary/aromatic N) is 1. The predicted molar refractivity (Wildman–Crippen MR) is 61.5 cm³/mol. The highest BCUT2D eigenvalue weighted by molar-refractivity contribution is 5.83. The van der Waals surface area contributed by atoms with E-state index in [9.17, 15) is 0 Å². The summed E-state index contributed by atoms with van der Waals surface area (Å²) in [5.41, 5.74) is 2.88. The summed E-state index contributed by atoms with van der Waals surface area (Å²) >= 11 is 0. The number of hydrogen-bond acceptors (Lipinski definition) is 2. The predicted octanol–water partition coefficient (Wildman–Crippen LogP) is 1.27. The topological polar surface area (TPSA) is 24.4 Å². The monoisotopic (exact) mass is 194 g/mol. The quantitative estimate of drug-likeness (QED) is 0.671. The Bertz CT molecular complexity index is 654. The van der Waals surface area contributed by atoms with Crippen LogP contribution in [-0.4, -0.2) is 0 Å². The summed E-state index contributed by atoms with van der Waals surface area (Å²) in [5.74, 6) is 0. The van der Waals surface area contributed by atoms with Crippen LogP contribution in [0, 0.1) is 0 Å². The second-order valence-corrected chi connectivity index (χ2v) is 3.49. The Morgan fingerprint density at radius 2 is 1.93 bits per heavy atom. The molecule has 0 spiro atoms. The van der Waals surface area contributed by atoms with Gasteiger partial charge in [0.1, 0.15) is 0 Å². The van der Waals surface area contributed by atoms with E-state index in [1.165, 1.54) is 16.0 Å². The van der Waals surface area contributed by atoms with E-state index in [1.54, 1.807) is 0 Å². The van der Waals surface area contributed by atoms with E-state index < -0.39 is 0 Å². The van der Waals surface area contributed by atoms with Gasteiger partial charge in [-0.25, -0.2) is 0 Å². The smallest absolute Gasteiger partial charge is 0.0911 e. The molecule has 3 rings (SSSR count). The van der Waals surface area contributed by atoms with Crippen LogP contribution in [0.5, 0.6) is 0 Å². The zero-order valence-electron chi connectivity index (χ0n) is 8.14. The van der Waals surface area contributed by atoms with E-state index in [0.717, 1.165) is 5.36 Å². The first-order chi connectivity index (χ1) is 7.45. The molecule has 2 heteroatoms. The van der Waals surface area contributed by atoms with Gasteiger partial charge in [0, 0.05) is 11.4 Å². The van der Waals surface area contributed by atoms with Gasteiger partial charge in [-0.2, -0.15) is 5.10 Å². The number of benzene rings is 2. The molecule has 1 aliphatic heterocycles. The summed E-state index contributed by atoms with van der Waals surface area (Å²) in [4.78, 5) is 0. The first kappa shape index (κ1) is 8.24. The summed E-state index contributed by atoms with van der Waals surface area (Å²) in [7, 11) is 0. The molecular weight excluding hydrogens is 184 g/mol. The van der Waals surface area contributed by atoms with Crippen LogP contribution in [0.4, 0.5) is 0 Å². The normalized spacial score (nSPS) is 13.3. The number of nitrogens with one attached hydrogen (secondary N) is 1. The minimum absolute atomic E-state index is 0.985. The zero-order chi connectivity index (χ0) is 10.1. The molecule has 2 aromatic carbocycles. The molecule has 1 N–H and O–H groups in total. The molecule has 0 saturated carbocycles. The summed E-state index contributed by atoms with van der Waals surface area (Å²) in [5, 5.41) is 8.92. The zero-order valence-corrected chi connectivity index (χ0v) is 8.14. The molecule has 0 amide bonds. The second-order valence-electron chi connectivity index (χ2n) is 3.49. The Morgan fingerprint density at radius 1 is 1.00 bits per heavy atom. The first-order valence-electron chi connectivity index (χ1n) is 4.93. The number of rotatable bonds is 0. The van der Waals surface area contributed by atoms with Crippen LogP contribution in [0.1, 0.15) is 0 Å². The van der Waals surface area contributed by atoms with Gasteiger partial charge in [0.25, 0.3) is 0 Å². The molecule has 0 atom stereocenters. The molecule has 2 nitrogen and oxygen atoms in total. The Hall–Kier alpha value is -2.09. The fourth-order valence-corrected chi connectivity index (χ4v) is 1.85. The van der Waals surface area contributed by atoms with E-state index in [-0.39, 0.29) is 0 Å². The highest BCUT2D eigenvalue weighted by Crippen LogP contribution is 2.06. The molecule has 0 radical (unpaired) electrons. The molecule has 0 fully saturated rings. The van der Waals surface area contributed by atoms with Gasteiger partial charge in [0.05, 0.1) is 5.36 Å². The summed E-state index contributed by atoms with van der Waals surface area (Å²) in [6, 6.07) is 12.5. The molecule has 0 bridgehead atoms. The van der Waals surface area contributed by atoms with Crippen LogP contribution >= 0.6 is 0 Å². The van der Waals surface area contributed by atoms with Crippen molar-refractivity contribution in [2.75, 3.05) is 0 Å². The maximum absolute atomic E-state index is 4.27. The van der Waals surface area contributed by atoms with Crippen molar-refractivity contribution in [2.24, 2.45) is 5.10 Å². The maximum Gasteiger partial charge on any atom is 0.0911 e. The van der Waals surface area contributed by atoms with Gasteiger partial charge in [-0.05, 0) is 22.9 Å². The standard InChI is InChI=1S/C13H10N2/c1-2-5-11-10(4-1)7-8-13-12(11)6-3-9-14-15-13/h1-9,14H. The molecule has 72 valence electrons. The average Bonchev–Trinajstić information content (AvgIpc) is 2.54. The maximum atomic E-state index is 4.27. The van der Waals surface area contributed by atoms with Crippen LogP contribution in [-0.2, 0) is 0 Å². The molecule has 2 aromatic rings. The Morgan fingerprint density at radius 3 is 2.93 bits per heavy atom. The SMILES string of the molecule is C1=CNN=c2ccc3ccccc3c2=C1. The minimum atomic E-state index is 0.985. The largest absolute Gasteiger partial charge is 0.285 e. The van der Waals surface area contributed by atoms with Gasteiger partial charge in [-0.1, -0.05) is 36.4 Å². The van der Waals surface area contributed by atoms with E-state index in [2.05, 4.69) is 46.9 Å². The van der Waals surface area contributed by atoms with Crippen LogP contribution in [0.2, 0.25) is 0 Å². The van der Waals surface area contributed by atoms with Crippen LogP contribution in [0.15, 0.2) is 53.8 Å². The van der Waals surface area contributed by atoms with Gasteiger partial charge < -0.3 is 0 Å².